The smallest absolute Gasteiger partial charge is 0.0568 e. The molecule has 0 unspecified atom stereocenters. The van der Waals surface area contributed by atoms with E-state index in [9.17, 15) is 0 Å². The molecule has 0 radical (unpaired) electrons. The second-order valence-corrected chi connectivity index (χ2v) is 5.53. The van der Waals surface area contributed by atoms with Crippen molar-refractivity contribution in [3.63, 3.8) is 0 Å². The largest absolute Gasteiger partial charge is 0.156 e. The van der Waals surface area contributed by atoms with E-state index in [-0.39, 0.29) is 0 Å². The van der Waals surface area contributed by atoms with Gasteiger partial charge in [0.15, 0.2) is 0 Å². The van der Waals surface area contributed by atoms with Gasteiger partial charge in [-0.2, -0.15) is 11.8 Å². The quantitative estimate of drug-likeness (QED) is 0.515. The molecule has 0 aliphatic carbocycles. The molecule has 0 fully saturated rings. The first kappa shape index (κ1) is 11.4. The minimum absolute atomic E-state index is 0.657. The number of thioether (sulfide) groups is 1. The molecule has 0 N–H and O–H groups in total. The van der Waals surface area contributed by atoms with Crippen molar-refractivity contribution in [3.05, 3.63) is 21.9 Å². The van der Waals surface area contributed by atoms with Crippen LogP contribution in [0.15, 0.2) is 12.1 Å². The van der Waals surface area contributed by atoms with Gasteiger partial charge in [-0.05, 0) is 24.3 Å². The predicted molar refractivity (Wildman–Crippen MR) is 64.9 cm³/mol. The van der Waals surface area contributed by atoms with Crippen LogP contribution in [0.25, 0.3) is 0 Å². The summed E-state index contributed by atoms with van der Waals surface area (Å²) in [5.41, 5.74) is 0. The Morgan fingerprint density at radius 2 is 2.15 bits per heavy atom. The van der Waals surface area contributed by atoms with Crippen molar-refractivity contribution in [1.82, 2.24) is 0 Å². The highest BCUT2D eigenvalue weighted by Crippen LogP contribution is 2.23. The standard InChI is InChI=1S/C10H15ClS2/c1-2-3-6-12-8-10-5-4-9(7-11)13-10/h4-5H,2-3,6-8H2,1H3. The van der Waals surface area contributed by atoms with Gasteiger partial charge in [0.2, 0.25) is 0 Å². The van der Waals surface area contributed by atoms with Crippen LogP contribution in [0.4, 0.5) is 0 Å². The van der Waals surface area contributed by atoms with Gasteiger partial charge in [-0.1, -0.05) is 13.3 Å². The van der Waals surface area contributed by atoms with Crippen molar-refractivity contribution in [2.24, 2.45) is 0 Å². The molecule has 1 rings (SSSR count). The molecule has 0 saturated carbocycles. The van der Waals surface area contributed by atoms with Gasteiger partial charge in [0.05, 0.1) is 5.88 Å². The van der Waals surface area contributed by atoms with E-state index in [1.54, 1.807) is 0 Å². The molecule has 13 heavy (non-hydrogen) atoms. The van der Waals surface area contributed by atoms with Crippen molar-refractivity contribution in [2.45, 2.75) is 31.4 Å². The van der Waals surface area contributed by atoms with Gasteiger partial charge >= 0.3 is 0 Å². The molecular weight excluding hydrogens is 220 g/mol. The maximum absolute atomic E-state index is 5.73. The van der Waals surface area contributed by atoms with Gasteiger partial charge < -0.3 is 0 Å². The van der Waals surface area contributed by atoms with E-state index in [1.165, 1.54) is 28.3 Å². The van der Waals surface area contributed by atoms with E-state index >= 15 is 0 Å². The summed E-state index contributed by atoms with van der Waals surface area (Å²) in [6.07, 6.45) is 2.63. The third-order valence-corrected chi connectivity index (χ3v) is 4.54. The van der Waals surface area contributed by atoms with E-state index in [4.69, 9.17) is 11.6 Å². The fourth-order valence-electron chi connectivity index (χ4n) is 0.991. The molecule has 3 heteroatoms. The lowest BCUT2D eigenvalue weighted by Gasteiger charge is -1.96. The summed E-state index contributed by atoms with van der Waals surface area (Å²) < 4.78 is 0. The number of hydrogen-bond acceptors (Lipinski definition) is 2. The maximum Gasteiger partial charge on any atom is 0.0568 e. The first-order chi connectivity index (χ1) is 6.36. The average molecular weight is 235 g/mol. The third kappa shape index (κ3) is 4.39. The normalized spacial score (nSPS) is 10.6. The van der Waals surface area contributed by atoms with Gasteiger partial charge in [-0.3, -0.25) is 0 Å². The lowest BCUT2D eigenvalue weighted by molar-refractivity contribution is 0.896. The molecule has 0 aromatic carbocycles. The Kier molecular flexibility index (Phi) is 5.92. The molecule has 1 aromatic rings. The Hall–Kier alpha value is 0.340. The molecule has 0 atom stereocenters. The summed E-state index contributed by atoms with van der Waals surface area (Å²) in [5, 5.41) is 0. The van der Waals surface area contributed by atoms with Crippen LogP contribution in [0.3, 0.4) is 0 Å². The lowest BCUT2D eigenvalue weighted by atomic mass is 10.4. The molecule has 0 aliphatic rings. The molecule has 74 valence electrons. The zero-order valence-corrected chi connectivity index (χ0v) is 10.3. The predicted octanol–water partition coefficient (Wildman–Crippen LogP) is 4.52. The van der Waals surface area contributed by atoms with Crippen LogP contribution in [-0.4, -0.2) is 5.75 Å². The third-order valence-electron chi connectivity index (χ3n) is 1.74. The molecule has 1 aromatic heterocycles. The first-order valence-corrected chi connectivity index (χ1v) is 7.08. The Bertz CT molecular complexity index is 233. The van der Waals surface area contributed by atoms with Crippen LogP contribution in [0.2, 0.25) is 0 Å². The number of halogens is 1. The van der Waals surface area contributed by atoms with E-state index < -0.39 is 0 Å². The number of alkyl halides is 1. The summed E-state index contributed by atoms with van der Waals surface area (Å²) in [6, 6.07) is 4.33. The topological polar surface area (TPSA) is 0 Å². The maximum atomic E-state index is 5.73. The molecule has 0 spiro atoms. The minimum atomic E-state index is 0.657. The zero-order chi connectivity index (χ0) is 9.52. The van der Waals surface area contributed by atoms with Crippen LogP contribution in [0.1, 0.15) is 29.5 Å². The number of unbranched alkanes of at least 4 members (excludes halogenated alkanes) is 1. The second-order valence-electron chi connectivity index (χ2n) is 2.91. The van der Waals surface area contributed by atoms with Crippen LogP contribution in [0.5, 0.6) is 0 Å². The number of hydrogen-bond donors (Lipinski definition) is 0. The molecule has 0 saturated heterocycles. The summed E-state index contributed by atoms with van der Waals surface area (Å²) in [5.74, 6) is 3.09. The van der Waals surface area contributed by atoms with E-state index in [2.05, 4.69) is 19.1 Å². The van der Waals surface area contributed by atoms with Crippen molar-refractivity contribution < 1.29 is 0 Å². The summed E-state index contributed by atoms with van der Waals surface area (Å²) in [6.45, 7) is 2.23. The van der Waals surface area contributed by atoms with Crippen LogP contribution < -0.4 is 0 Å². The Balaban J connectivity index is 2.20. The van der Waals surface area contributed by atoms with Gasteiger partial charge in [-0.15, -0.1) is 22.9 Å². The summed E-state index contributed by atoms with van der Waals surface area (Å²) in [7, 11) is 0. The number of thiophene rings is 1. The Morgan fingerprint density at radius 1 is 1.38 bits per heavy atom. The van der Waals surface area contributed by atoms with Gasteiger partial charge in [-0.25, -0.2) is 0 Å². The highest BCUT2D eigenvalue weighted by Gasteiger charge is 1.98. The molecule has 0 amide bonds. The molecular formula is C10H15ClS2. The van der Waals surface area contributed by atoms with E-state index in [0.717, 1.165) is 5.75 Å². The van der Waals surface area contributed by atoms with E-state index in [1.807, 2.05) is 23.1 Å². The van der Waals surface area contributed by atoms with Gasteiger partial charge in [0.25, 0.3) is 0 Å². The zero-order valence-electron chi connectivity index (χ0n) is 7.88. The van der Waals surface area contributed by atoms with Crippen LogP contribution >= 0.6 is 34.7 Å². The average Bonchev–Trinajstić information content (AvgIpc) is 2.60. The van der Waals surface area contributed by atoms with Crippen LogP contribution in [0, 0.1) is 0 Å². The van der Waals surface area contributed by atoms with E-state index in [0.29, 0.717) is 5.88 Å². The first-order valence-electron chi connectivity index (χ1n) is 4.58. The highest BCUT2D eigenvalue weighted by atomic mass is 35.5. The Morgan fingerprint density at radius 3 is 2.77 bits per heavy atom. The van der Waals surface area contributed by atoms with Gasteiger partial charge in [0, 0.05) is 15.5 Å². The minimum Gasteiger partial charge on any atom is -0.156 e. The van der Waals surface area contributed by atoms with Crippen molar-refractivity contribution >= 4 is 34.7 Å². The van der Waals surface area contributed by atoms with Crippen molar-refractivity contribution in [2.75, 3.05) is 5.75 Å². The van der Waals surface area contributed by atoms with Crippen LogP contribution in [-0.2, 0) is 11.6 Å². The van der Waals surface area contributed by atoms with Crippen molar-refractivity contribution in [1.29, 1.82) is 0 Å². The second kappa shape index (κ2) is 6.74. The molecule has 0 nitrogen and oxygen atoms in total. The number of rotatable bonds is 6. The molecule has 1 heterocycles. The SMILES string of the molecule is CCCCSCc1ccc(CCl)s1. The fourth-order valence-corrected chi connectivity index (χ4v) is 3.33. The fraction of sp³-hybridized carbons (Fsp3) is 0.600. The Labute approximate surface area is 93.7 Å². The van der Waals surface area contributed by atoms with Crippen molar-refractivity contribution in [3.8, 4) is 0 Å². The monoisotopic (exact) mass is 234 g/mol. The molecule has 0 bridgehead atoms. The lowest BCUT2D eigenvalue weighted by Crippen LogP contribution is -1.78. The summed E-state index contributed by atoms with van der Waals surface area (Å²) in [4.78, 5) is 2.74. The van der Waals surface area contributed by atoms with Gasteiger partial charge in [0.1, 0.15) is 0 Å². The summed E-state index contributed by atoms with van der Waals surface area (Å²) >= 11 is 9.59. The molecule has 0 aliphatic heterocycles. The highest BCUT2D eigenvalue weighted by molar-refractivity contribution is 7.98.